The van der Waals surface area contributed by atoms with Gasteiger partial charge in [0, 0.05) is 6.42 Å². The molecule has 0 saturated heterocycles. The van der Waals surface area contributed by atoms with Crippen LogP contribution in [0.2, 0.25) is 0 Å². The molecule has 5 heteroatoms. The van der Waals surface area contributed by atoms with Gasteiger partial charge in [0.1, 0.15) is 0 Å². The van der Waals surface area contributed by atoms with Crippen LogP contribution < -0.4 is 0 Å². The van der Waals surface area contributed by atoms with Crippen LogP contribution in [0.15, 0.2) is 12.2 Å². The van der Waals surface area contributed by atoms with Crippen molar-refractivity contribution in [2.24, 2.45) is 0 Å². The summed E-state index contributed by atoms with van der Waals surface area (Å²) in [5.74, 6) is -0.347. The van der Waals surface area contributed by atoms with Crippen LogP contribution >= 0.6 is 7.60 Å². The highest BCUT2D eigenvalue weighted by Gasteiger charge is 2.41. The third-order valence-electron chi connectivity index (χ3n) is 5.33. The van der Waals surface area contributed by atoms with Crippen molar-refractivity contribution in [2.75, 3.05) is 27.7 Å². The Bertz CT molecular complexity index is 432. The highest BCUT2D eigenvalue weighted by atomic mass is 31.2. The Morgan fingerprint density at radius 2 is 1.29 bits per heavy atom. The van der Waals surface area contributed by atoms with E-state index >= 15 is 0 Å². The van der Waals surface area contributed by atoms with Crippen molar-refractivity contribution in [3.8, 4) is 0 Å². The number of allylic oxidation sites excluding steroid dienone is 2. The monoisotopic (exact) mass is 418 g/mol. The fraction of sp³-hybridized carbons (Fsp3) is 0.913. The van der Waals surface area contributed by atoms with Gasteiger partial charge in [-0.1, -0.05) is 83.8 Å². The van der Waals surface area contributed by atoms with Crippen molar-refractivity contribution in [1.29, 1.82) is 0 Å². The van der Waals surface area contributed by atoms with E-state index in [-0.39, 0.29) is 5.78 Å². The highest BCUT2D eigenvalue weighted by molar-refractivity contribution is 7.53. The third-order valence-corrected chi connectivity index (χ3v) is 7.69. The second-order valence-electron chi connectivity index (χ2n) is 8.96. The lowest BCUT2D eigenvalue weighted by molar-refractivity contribution is -0.883. The summed E-state index contributed by atoms with van der Waals surface area (Å²) in [7, 11) is 2.31. The predicted molar refractivity (Wildman–Crippen MR) is 123 cm³/mol. The van der Waals surface area contributed by atoms with Gasteiger partial charge in [-0.2, -0.15) is 0 Å². The van der Waals surface area contributed by atoms with E-state index in [0.29, 0.717) is 17.5 Å². The van der Waals surface area contributed by atoms with Gasteiger partial charge in [-0.25, -0.2) is 0 Å². The van der Waals surface area contributed by atoms with Crippen LogP contribution in [0.1, 0.15) is 104 Å². The minimum Gasteiger partial charge on any atom is -0.320 e. The number of hydrogen-bond acceptors (Lipinski definition) is 2. The zero-order valence-electron chi connectivity index (χ0n) is 19.5. The van der Waals surface area contributed by atoms with Crippen LogP contribution in [0.25, 0.3) is 0 Å². The molecule has 0 heterocycles. The molecule has 0 saturated carbocycles. The summed E-state index contributed by atoms with van der Waals surface area (Å²) in [6.45, 7) is 4.54. The number of quaternary nitrogens is 1. The minimum atomic E-state index is -3.54. The lowest BCUT2D eigenvalue weighted by Crippen LogP contribution is -2.44. The average Bonchev–Trinajstić information content (AvgIpc) is 2.60. The molecule has 0 radical (unpaired) electrons. The molecule has 0 aromatic heterocycles. The zero-order valence-corrected chi connectivity index (χ0v) is 20.4. The molecule has 0 aliphatic carbocycles. The smallest absolute Gasteiger partial charge is 0.320 e. The Morgan fingerprint density at radius 1 is 0.821 bits per heavy atom. The van der Waals surface area contributed by atoms with Gasteiger partial charge >= 0.3 is 7.60 Å². The van der Waals surface area contributed by atoms with Crippen LogP contribution in [0.5, 0.6) is 0 Å². The van der Waals surface area contributed by atoms with E-state index in [1.54, 1.807) is 0 Å². The molecular formula is C23H49NO3P+. The molecule has 2 unspecified atom stereocenters. The third kappa shape index (κ3) is 14.8. The summed E-state index contributed by atoms with van der Waals surface area (Å²) in [5.41, 5.74) is 0. The maximum absolute atomic E-state index is 12.5. The molecule has 1 N–H and O–H groups in total. The summed E-state index contributed by atoms with van der Waals surface area (Å²) in [5, 5.41) is 0. The Balaban J connectivity index is 3.51. The molecule has 0 aromatic carbocycles. The van der Waals surface area contributed by atoms with Crippen molar-refractivity contribution in [3.05, 3.63) is 12.2 Å². The summed E-state index contributed by atoms with van der Waals surface area (Å²) >= 11 is 0. The largest absolute Gasteiger partial charge is 0.385 e. The first-order valence-electron chi connectivity index (χ1n) is 11.7. The molecule has 0 rings (SSSR count). The summed E-state index contributed by atoms with van der Waals surface area (Å²) in [4.78, 5) is 10.2. The summed E-state index contributed by atoms with van der Waals surface area (Å²) in [6, 6.07) is 0. The molecule has 0 spiro atoms. The second kappa shape index (κ2) is 16.6. The van der Waals surface area contributed by atoms with Crippen LogP contribution in [0, 0.1) is 0 Å². The van der Waals surface area contributed by atoms with Gasteiger partial charge in [0.25, 0.3) is 0 Å². The highest BCUT2D eigenvalue weighted by Crippen LogP contribution is 2.51. The van der Waals surface area contributed by atoms with Gasteiger partial charge in [0.2, 0.25) is 0 Å². The molecule has 0 aliphatic heterocycles. The Labute approximate surface area is 175 Å². The number of nitrogens with zero attached hydrogens (tertiary/aromatic N) is 1. The van der Waals surface area contributed by atoms with E-state index in [9.17, 15) is 9.46 Å². The maximum atomic E-state index is 12.5. The summed E-state index contributed by atoms with van der Waals surface area (Å²) < 4.78 is 18.3. The second-order valence-corrected chi connectivity index (χ2v) is 10.9. The van der Waals surface area contributed by atoms with E-state index in [0.717, 1.165) is 19.3 Å². The molecule has 0 aromatic rings. The van der Waals surface area contributed by atoms with Gasteiger partial charge in [0.15, 0.2) is 5.78 Å². The first-order valence-corrected chi connectivity index (χ1v) is 13.3. The molecular weight excluding hydrogens is 369 g/mol. The van der Waals surface area contributed by atoms with Crippen LogP contribution in [-0.2, 0) is 9.09 Å². The minimum absolute atomic E-state index is 0.347. The summed E-state index contributed by atoms with van der Waals surface area (Å²) in [6.07, 6.45) is 21.6. The molecule has 4 nitrogen and oxygen atoms in total. The van der Waals surface area contributed by atoms with Gasteiger partial charge < -0.3 is 13.9 Å². The van der Waals surface area contributed by atoms with Crippen molar-refractivity contribution < 1.29 is 18.5 Å². The Kier molecular flexibility index (Phi) is 16.5. The van der Waals surface area contributed by atoms with Gasteiger partial charge in [-0.15, -0.1) is 0 Å². The normalized spacial score (nSPS) is 15.8. The molecule has 0 fully saturated rings. The molecule has 0 bridgehead atoms. The average molecular weight is 419 g/mol. The zero-order chi connectivity index (χ0) is 21.3. The van der Waals surface area contributed by atoms with Crippen molar-refractivity contribution in [3.63, 3.8) is 0 Å². The number of rotatable bonds is 19. The van der Waals surface area contributed by atoms with Crippen molar-refractivity contribution in [2.45, 2.75) is 110 Å². The van der Waals surface area contributed by atoms with Crippen LogP contribution in [0.4, 0.5) is 0 Å². The van der Waals surface area contributed by atoms with E-state index in [1.165, 1.54) is 64.2 Å². The number of unbranched alkanes of at least 4 members (excludes halogenated alkanes) is 11. The number of hydrogen-bond donors (Lipinski definition) is 1. The predicted octanol–water partition coefficient (Wildman–Crippen LogP) is 7.28. The van der Waals surface area contributed by atoms with Gasteiger partial charge in [-0.3, -0.25) is 4.57 Å². The van der Waals surface area contributed by atoms with Crippen molar-refractivity contribution >= 4 is 7.60 Å². The quantitative estimate of drug-likeness (QED) is 0.104. The van der Waals surface area contributed by atoms with Crippen LogP contribution in [0.3, 0.4) is 0 Å². The lowest BCUT2D eigenvalue weighted by Gasteiger charge is -2.35. The standard InChI is InChI=1S/C23H48NO3P/c1-6-8-9-10-11-12-13-14-15-16-17-18-19-20-21-22-27-28(25,26)23(7-2)24(3,4)5/h8-9,23H,6-7,10-22H2,1-5H3/p+1. The maximum Gasteiger partial charge on any atom is 0.385 e. The lowest BCUT2D eigenvalue weighted by atomic mass is 10.1. The molecule has 168 valence electrons. The molecule has 28 heavy (non-hydrogen) atoms. The SMILES string of the molecule is CCC=CCCCCCCCCCCCCCOP(=O)(O)C(CC)[N+](C)(C)C. The van der Waals surface area contributed by atoms with E-state index in [2.05, 4.69) is 19.1 Å². The molecule has 0 aliphatic rings. The van der Waals surface area contributed by atoms with E-state index in [1.807, 2.05) is 28.1 Å². The fourth-order valence-corrected chi connectivity index (χ4v) is 5.64. The first-order chi connectivity index (χ1) is 13.3. The first kappa shape index (κ1) is 27.8. The molecule has 2 atom stereocenters. The Morgan fingerprint density at radius 3 is 1.71 bits per heavy atom. The Hall–Kier alpha value is -0.150. The van der Waals surface area contributed by atoms with Crippen LogP contribution in [-0.4, -0.2) is 42.9 Å². The van der Waals surface area contributed by atoms with Gasteiger partial charge in [-0.05, 0) is 25.7 Å². The van der Waals surface area contributed by atoms with E-state index in [4.69, 9.17) is 4.52 Å². The fourth-order valence-electron chi connectivity index (χ4n) is 3.74. The molecule has 0 amide bonds. The topological polar surface area (TPSA) is 46.5 Å². The van der Waals surface area contributed by atoms with E-state index < -0.39 is 7.60 Å². The van der Waals surface area contributed by atoms with Crippen molar-refractivity contribution in [1.82, 2.24) is 0 Å². The van der Waals surface area contributed by atoms with Gasteiger partial charge in [0.05, 0.1) is 27.7 Å².